The van der Waals surface area contributed by atoms with Crippen LogP contribution in [0.3, 0.4) is 0 Å². The summed E-state index contributed by atoms with van der Waals surface area (Å²) in [6, 6.07) is 11.9. The van der Waals surface area contributed by atoms with Crippen LogP contribution in [-0.4, -0.2) is 31.1 Å². The molecule has 1 aromatic carbocycles. The number of piperidine rings is 1. The Labute approximate surface area is 130 Å². The molecule has 1 N–H and O–H groups in total. The fourth-order valence-electron chi connectivity index (χ4n) is 3.51. The SMILES string of the molecule is CC(NC(c1ccccc1)C(C)(C)C)C1CCCN(C)C1. The second-order valence-electron chi connectivity index (χ2n) is 7.83. The van der Waals surface area contributed by atoms with Crippen LogP contribution in [-0.2, 0) is 0 Å². The molecule has 3 atom stereocenters. The lowest BCUT2D eigenvalue weighted by Gasteiger charge is -2.39. The Balaban J connectivity index is 2.08. The Morgan fingerprint density at radius 2 is 1.86 bits per heavy atom. The van der Waals surface area contributed by atoms with Gasteiger partial charge in [-0.1, -0.05) is 51.1 Å². The van der Waals surface area contributed by atoms with Crippen molar-refractivity contribution in [2.24, 2.45) is 11.3 Å². The van der Waals surface area contributed by atoms with Gasteiger partial charge in [-0.05, 0) is 50.3 Å². The highest BCUT2D eigenvalue weighted by atomic mass is 15.1. The molecule has 0 aromatic heterocycles. The predicted octanol–water partition coefficient (Wildman–Crippen LogP) is 4.09. The summed E-state index contributed by atoms with van der Waals surface area (Å²) in [4.78, 5) is 2.47. The van der Waals surface area contributed by atoms with E-state index in [1.165, 1.54) is 31.5 Å². The van der Waals surface area contributed by atoms with E-state index in [0.29, 0.717) is 12.1 Å². The van der Waals surface area contributed by atoms with Gasteiger partial charge in [0, 0.05) is 18.6 Å². The minimum Gasteiger partial charge on any atom is -0.307 e. The van der Waals surface area contributed by atoms with E-state index in [1.54, 1.807) is 0 Å². The van der Waals surface area contributed by atoms with Crippen LogP contribution in [0.4, 0.5) is 0 Å². The summed E-state index contributed by atoms with van der Waals surface area (Å²) >= 11 is 0. The third kappa shape index (κ3) is 4.55. The Morgan fingerprint density at radius 1 is 1.19 bits per heavy atom. The highest BCUT2D eigenvalue weighted by Crippen LogP contribution is 2.34. The van der Waals surface area contributed by atoms with Crippen molar-refractivity contribution in [2.75, 3.05) is 20.1 Å². The number of nitrogens with one attached hydrogen (secondary N) is 1. The minimum absolute atomic E-state index is 0.218. The lowest BCUT2D eigenvalue weighted by molar-refractivity contribution is 0.154. The van der Waals surface area contributed by atoms with Crippen LogP contribution in [0.25, 0.3) is 0 Å². The van der Waals surface area contributed by atoms with Crippen molar-refractivity contribution < 1.29 is 0 Å². The molecule has 1 fully saturated rings. The first kappa shape index (κ1) is 16.5. The minimum atomic E-state index is 0.218. The topological polar surface area (TPSA) is 15.3 Å². The Morgan fingerprint density at radius 3 is 2.43 bits per heavy atom. The lowest BCUT2D eigenvalue weighted by atomic mass is 9.80. The first-order chi connectivity index (χ1) is 9.88. The maximum atomic E-state index is 3.94. The molecule has 0 aliphatic carbocycles. The second-order valence-corrected chi connectivity index (χ2v) is 7.83. The summed E-state index contributed by atoms with van der Waals surface area (Å²) in [5.74, 6) is 0.761. The number of hydrogen-bond acceptors (Lipinski definition) is 2. The lowest BCUT2D eigenvalue weighted by Crippen LogP contribution is -2.46. The van der Waals surface area contributed by atoms with Crippen LogP contribution in [0.15, 0.2) is 30.3 Å². The molecule has 2 rings (SSSR count). The smallest absolute Gasteiger partial charge is 0.0371 e. The molecule has 1 aromatic rings. The molecule has 3 unspecified atom stereocenters. The molecule has 118 valence electrons. The fraction of sp³-hybridized carbons (Fsp3) is 0.684. The molecule has 2 heteroatoms. The second kappa shape index (κ2) is 6.93. The molecule has 0 bridgehead atoms. The summed E-state index contributed by atoms with van der Waals surface area (Å²) < 4.78 is 0. The molecule has 1 saturated heterocycles. The zero-order valence-electron chi connectivity index (χ0n) is 14.4. The first-order valence-corrected chi connectivity index (χ1v) is 8.37. The van der Waals surface area contributed by atoms with Crippen LogP contribution >= 0.6 is 0 Å². The van der Waals surface area contributed by atoms with Gasteiger partial charge in [0.2, 0.25) is 0 Å². The summed E-state index contributed by atoms with van der Waals surface area (Å²) in [7, 11) is 2.25. The fourth-order valence-corrected chi connectivity index (χ4v) is 3.51. The number of hydrogen-bond donors (Lipinski definition) is 1. The van der Waals surface area contributed by atoms with Crippen molar-refractivity contribution in [2.45, 2.75) is 52.6 Å². The van der Waals surface area contributed by atoms with Crippen molar-refractivity contribution >= 4 is 0 Å². The average molecular weight is 288 g/mol. The van der Waals surface area contributed by atoms with Crippen molar-refractivity contribution in [3.05, 3.63) is 35.9 Å². The zero-order chi connectivity index (χ0) is 15.5. The molecular formula is C19H32N2. The Hall–Kier alpha value is -0.860. The van der Waals surface area contributed by atoms with E-state index in [9.17, 15) is 0 Å². The maximum absolute atomic E-state index is 3.94. The highest BCUT2D eigenvalue weighted by Gasteiger charge is 2.30. The van der Waals surface area contributed by atoms with Gasteiger partial charge in [-0.2, -0.15) is 0 Å². The van der Waals surface area contributed by atoms with Crippen LogP contribution in [0.5, 0.6) is 0 Å². The summed E-state index contributed by atoms with van der Waals surface area (Å²) in [5.41, 5.74) is 1.62. The predicted molar refractivity (Wildman–Crippen MR) is 91.5 cm³/mol. The molecular weight excluding hydrogens is 256 g/mol. The average Bonchev–Trinajstić information content (AvgIpc) is 2.44. The van der Waals surface area contributed by atoms with Crippen LogP contribution in [0, 0.1) is 11.3 Å². The Kier molecular flexibility index (Phi) is 5.45. The van der Waals surface area contributed by atoms with E-state index in [0.717, 1.165) is 5.92 Å². The first-order valence-electron chi connectivity index (χ1n) is 8.37. The molecule has 2 nitrogen and oxygen atoms in total. The molecule has 0 saturated carbocycles. The molecule has 21 heavy (non-hydrogen) atoms. The van der Waals surface area contributed by atoms with Crippen LogP contribution in [0.1, 0.15) is 52.1 Å². The van der Waals surface area contributed by atoms with Crippen molar-refractivity contribution in [1.82, 2.24) is 10.2 Å². The van der Waals surface area contributed by atoms with Gasteiger partial charge in [0.1, 0.15) is 0 Å². The summed E-state index contributed by atoms with van der Waals surface area (Å²) in [5, 5.41) is 3.94. The van der Waals surface area contributed by atoms with Gasteiger partial charge >= 0.3 is 0 Å². The van der Waals surface area contributed by atoms with Crippen molar-refractivity contribution in [3.8, 4) is 0 Å². The number of nitrogens with zero attached hydrogens (tertiary/aromatic N) is 1. The zero-order valence-corrected chi connectivity index (χ0v) is 14.4. The van der Waals surface area contributed by atoms with E-state index in [-0.39, 0.29) is 5.41 Å². The van der Waals surface area contributed by atoms with Gasteiger partial charge in [0.15, 0.2) is 0 Å². The molecule has 1 heterocycles. The third-order valence-electron chi connectivity index (χ3n) is 4.80. The van der Waals surface area contributed by atoms with E-state index < -0.39 is 0 Å². The number of rotatable bonds is 4. The van der Waals surface area contributed by atoms with Crippen molar-refractivity contribution in [3.63, 3.8) is 0 Å². The van der Waals surface area contributed by atoms with Gasteiger partial charge in [-0.3, -0.25) is 0 Å². The van der Waals surface area contributed by atoms with Gasteiger partial charge in [-0.15, -0.1) is 0 Å². The van der Waals surface area contributed by atoms with Gasteiger partial charge in [0.25, 0.3) is 0 Å². The van der Waals surface area contributed by atoms with Gasteiger partial charge in [-0.25, -0.2) is 0 Å². The Bertz CT molecular complexity index is 421. The van der Waals surface area contributed by atoms with E-state index in [1.807, 2.05) is 0 Å². The van der Waals surface area contributed by atoms with Gasteiger partial charge in [0.05, 0.1) is 0 Å². The maximum Gasteiger partial charge on any atom is 0.0371 e. The molecule has 0 radical (unpaired) electrons. The van der Waals surface area contributed by atoms with Gasteiger partial charge < -0.3 is 10.2 Å². The van der Waals surface area contributed by atoms with Crippen LogP contribution < -0.4 is 5.32 Å². The third-order valence-corrected chi connectivity index (χ3v) is 4.80. The van der Waals surface area contributed by atoms with E-state index >= 15 is 0 Å². The monoisotopic (exact) mass is 288 g/mol. The number of likely N-dealkylation sites (tertiary alicyclic amines) is 1. The van der Waals surface area contributed by atoms with E-state index in [2.05, 4.69) is 75.3 Å². The summed E-state index contributed by atoms with van der Waals surface area (Å²) in [6.45, 7) is 11.8. The highest BCUT2D eigenvalue weighted by molar-refractivity contribution is 5.21. The molecule has 0 amide bonds. The van der Waals surface area contributed by atoms with Crippen LogP contribution in [0.2, 0.25) is 0 Å². The quantitative estimate of drug-likeness (QED) is 0.897. The molecule has 1 aliphatic heterocycles. The number of benzene rings is 1. The molecule has 0 spiro atoms. The normalized spacial score (nSPS) is 23.8. The van der Waals surface area contributed by atoms with E-state index in [4.69, 9.17) is 0 Å². The summed E-state index contributed by atoms with van der Waals surface area (Å²) in [6.07, 6.45) is 2.68. The van der Waals surface area contributed by atoms with Crippen molar-refractivity contribution in [1.29, 1.82) is 0 Å². The largest absolute Gasteiger partial charge is 0.307 e. The standard InChI is InChI=1S/C19H32N2/c1-15(17-12-9-13-21(5)14-17)20-18(19(2,3)4)16-10-7-6-8-11-16/h6-8,10-11,15,17-18,20H,9,12-14H2,1-5H3. The molecule has 1 aliphatic rings.